The van der Waals surface area contributed by atoms with Crippen LogP contribution in [-0.2, 0) is 11.3 Å². The quantitative estimate of drug-likeness (QED) is 0.454. The molecule has 0 saturated heterocycles. The molecule has 0 saturated carbocycles. The molecule has 0 aliphatic carbocycles. The third-order valence-electron chi connectivity index (χ3n) is 5.10. The molecule has 4 aromatic rings. The van der Waals surface area contributed by atoms with Crippen molar-refractivity contribution in [2.45, 2.75) is 32.9 Å². The SMILES string of the molecule is CCC(C)NC(=O)Cn1c(=O)c2ccccc2n2c(=S)sc(-c3ccccc3F)c12. The molecule has 0 radical (unpaired) electrons. The Balaban J connectivity index is 2.06. The molecule has 154 valence electrons. The Kier molecular flexibility index (Phi) is 5.53. The van der Waals surface area contributed by atoms with Crippen LogP contribution in [0.3, 0.4) is 0 Å². The number of carbonyl (C=O) groups excluding carboxylic acids is 1. The molecular formula is C22H20FN3O2S2. The van der Waals surface area contributed by atoms with Crippen molar-refractivity contribution in [3.8, 4) is 10.4 Å². The first-order chi connectivity index (χ1) is 14.4. The monoisotopic (exact) mass is 441 g/mol. The first kappa shape index (κ1) is 20.4. The molecule has 1 atom stereocenters. The highest BCUT2D eigenvalue weighted by molar-refractivity contribution is 7.73. The van der Waals surface area contributed by atoms with E-state index in [1.54, 1.807) is 40.8 Å². The van der Waals surface area contributed by atoms with Crippen LogP contribution < -0.4 is 10.9 Å². The summed E-state index contributed by atoms with van der Waals surface area (Å²) in [4.78, 5) is 26.5. The van der Waals surface area contributed by atoms with E-state index in [0.29, 0.717) is 30.9 Å². The molecule has 4 rings (SSSR count). The van der Waals surface area contributed by atoms with Gasteiger partial charge >= 0.3 is 0 Å². The van der Waals surface area contributed by atoms with Crippen LogP contribution in [0.4, 0.5) is 4.39 Å². The predicted octanol–water partition coefficient (Wildman–Crippen LogP) is 4.77. The van der Waals surface area contributed by atoms with Crippen LogP contribution in [0.2, 0.25) is 0 Å². The van der Waals surface area contributed by atoms with Crippen LogP contribution >= 0.6 is 23.6 Å². The van der Waals surface area contributed by atoms with Gasteiger partial charge in [-0.15, -0.1) is 11.3 Å². The second-order valence-corrected chi connectivity index (χ2v) is 8.77. The maximum atomic E-state index is 14.6. The molecule has 0 aliphatic rings. The van der Waals surface area contributed by atoms with Gasteiger partial charge in [0.25, 0.3) is 5.56 Å². The summed E-state index contributed by atoms with van der Waals surface area (Å²) in [6, 6.07) is 13.5. The zero-order valence-corrected chi connectivity index (χ0v) is 18.1. The smallest absolute Gasteiger partial charge is 0.262 e. The average molecular weight is 442 g/mol. The first-order valence-electron chi connectivity index (χ1n) is 9.63. The van der Waals surface area contributed by atoms with Gasteiger partial charge in [0.15, 0.2) is 3.95 Å². The molecule has 1 unspecified atom stereocenters. The maximum absolute atomic E-state index is 14.6. The van der Waals surface area contributed by atoms with E-state index in [-0.39, 0.29) is 24.1 Å². The zero-order chi connectivity index (χ0) is 21.4. The van der Waals surface area contributed by atoms with Gasteiger partial charge in [-0.05, 0) is 43.8 Å². The van der Waals surface area contributed by atoms with E-state index < -0.39 is 5.82 Å². The van der Waals surface area contributed by atoms with Gasteiger partial charge in [0.1, 0.15) is 18.0 Å². The first-order valence-corrected chi connectivity index (χ1v) is 10.9. The van der Waals surface area contributed by atoms with E-state index in [1.165, 1.54) is 22.0 Å². The lowest BCUT2D eigenvalue weighted by atomic mass is 10.1. The molecule has 30 heavy (non-hydrogen) atoms. The molecule has 2 aromatic heterocycles. The number of carbonyl (C=O) groups is 1. The molecule has 0 fully saturated rings. The number of amides is 1. The number of hydrogen-bond donors (Lipinski definition) is 1. The third kappa shape index (κ3) is 3.46. The fraction of sp³-hybridized carbons (Fsp3) is 0.227. The van der Waals surface area contributed by atoms with E-state index in [1.807, 2.05) is 19.9 Å². The van der Waals surface area contributed by atoms with Crippen LogP contribution in [0, 0.1) is 9.77 Å². The second-order valence-electron chi connectivity index (χ2n) is 7.12. The van der Waals surface area contributed by atoms with Crippen molar-refractivity contribution in [2.24, 2.45) is 0 Å². The van der Waals surface area contributed by atoms with Gasteiger partial charge in [-0.25, -0.2) is 4.39 Å². The maximum Gasteiger partial charge on any atom is 0.262 e. The topological polar surface area (TPSA) is 55.5 Å². The lowest BCUT2D eigenvalue weighted by Crippen LogP contribution is -2.37. The number of benzene rings is 2. The predicted molar refractivity (Wildman–Crippen MR) is 121 cm³/mol. The standard InChI is InChI=1S/C22H20FN3O2S2/c1-3-13(2)24-18(27)12-25-20-19(14-8-4-6-10-16(14)23)30-22(29)26(20)17-11-7-5-9-15(17)21(25)28/h4-11,13H,3,12H2,1-2H3,(H,24,27). The van der Waals surface area contributed by atoms with Crippen LogP contribution in [0.5, 0.6) is 0 Å². The Bertz CT molecular complexity index is 1390. The number of nitrogens with zero attached hydrogens (tertiary/aromatic N) is 2. The normalized spacial score (nSPS) is 12.4. The van der Waals surface area contributed by atoms with E-state index in [9.17, 15) is 14.0 Å². The molecular weight excluding hydrogens is 421 g/mol. The minimum atomic E-state index is -0.410. The highest BCUT2D eigenvalue weighted by atomic mass is 32.1. The van der Waals surface area contributed by atoms with E-state index in [0.717, 1.165) is 6.42 Å². The van der Waals surface area contributed by atoms with E-state index in [2.05, 4.69) is 5.32 Å². The molecule has 0 bridgehead atoms. The average Bonchev–Trinajstić information content (AvgIpc) is 3.08. The van der Waals surface area contributed by atoms with Crippen LogP contribution in [-0.4, -0.2) is 20.9 Å². The van der Waals surface area contributed by atoms with Gasteiger partial charge in [0.2, 0.25) is 5.91 Å². The Morgan fingerprint density at radius 3 is 2.63 bits per heavy atom. The summed E-state index contributed by atoms with van der Waals surface area (Å²) < 4.78 is 18.3. The van der Waals surface area contributed by atoms with Crippen LogP contribution in [0.25, 0.3) is 27.0 Å². The van der Waals surface area contributed by atoms with Crippen molar-refractivity contribution < 1.29 is 9.18 Å². The summed E-state index contributed by atoms with van der Waals surface area (Å²) in [5.74, 6) is -0.687. The molecule has 0 aliphatic heterocycles. The van der Waals surface area contributed by atoms with Gasteiger partial charge in [0.05, 0.1) is 15.8 Å². The van der Waals surface area contributed by atoms with Crippen molar-refractivity contribution in [2.75, 3.05) is 0 Å². The number of rotatable bonds is 5. The van der Waals surface area contributed by atoms with Crippen molar-refractivity contribution in [1.29, 1.82) is 0 Å². The summed E-state index contributed by atoms with van der Waals surface area (Å²) in [5.41, 5.74) is 1.11. The number of aromatic nitrogens is 2. The number of nitrogens with one attached hydrogen (secondary N) is 1. The highest BCUT2D eigenvalue weighted by Crippen LogP contribution is 2.34. The number of hydrogen-bond acceptors (Lipinski definition) is 4. The molecule has 8 heteroatoms. The van der Waals surface area contributed by atoms with E-state index >= 15 is 0 Å². The van der Waals surface area contributed by atoms with Gasteiger partial charge in [-0.1, -0.05) is 37.3 Å². The summed E-state index contributed by atoms with van der Waals surface area (Å²) in [5, 5.41) is 3.34. The fourth-order valence-electron chi connectivity index (χ4n) is 3.45. The number of para-hydroxylation sites is 1. The van der Waals surface area contributed by atoms with Gasteiger partial charge in [0, 0.05) is 11.6 Å². The molecule has 2 aromatic carbocycles. The van der Waals surface area contributed by atoms with Gasteiger partial charge < -0.3 is 5.32 Å². The minimum Gasteiger partial charge on any atom is -0.352 e. The largest absolute Gasteiger partial charge is 0.352 e. The zero-order valence-electron chi connectivity index (χ0n) is 16.5. The fourth-order valence-corrected chi connectivity index (χ4v) is 4.90. The highest BCUT2D eigenvalue weighted by Gasteiger charge is 2.21. The summed E-state index contributed by atoms with van der Waals surface area (Å²) in [6.45, 7) is 3.70. The summed E-state index contributed by atoms with van der Waals surface area (Å²) in [7, 11) is 0. The molecule has 1 N–H and O–H groups in total. The third-order valence-corrected chi connectivity index (χ3v) is 6.50. The lowest BCUT2D eigenvalue weighted by Gasteiger charge is -2.15. The summed E-state index contributed by atoms with van der Waals surface area (Å²) >= 11 is 6.82. The number of halogens is 1. The molecule has 2 heterocycles. The van der Waals surface area contributed by atoms with E-state index in [4.69, 9.17) is 12.2 Å². The van der Waals surface area contributed by atoms with Crippen molar-refractivity contribution >= 4 is 46.0 Å². The minimum absolute atomic E-state index is 0.0140. The lowest BCUT2D eigenvalue weighted by molar-refractivity contribution is -0.122. The molecule has 5 nitrogen and oxygen atoms in total. The van der Waals surface area contributed by atoms with Crippen molar-refractivity contribution in [1.82, 2.24) is 14.3 Å². The molecule has 0 spiro atoms. The number of fused-ring (bicyclic) bond motifs is 3. The van der Waals surface area contributed by atoms with Crippen LogP contribution in [0.15, 0.2) is 53.3 Å². The van der Waals surface area contributed by atoms with Gasteiger partial charge in [-0.3, -0.25) is 18.6 Å². The summed E-state index contributed by atoms with van der Waals surface area (Å²) in [6.07, 6.45) is 0.776. The van der Waals surface area contributed by atoms with Gasteiger partial charge in [-0.2, -0.15) is 0 Å². The number of thiazole rings is 1. The van der Waals surface area contributed by atoms with Crippen molar-refractivity contribution in [3.05, 3.63) is 68.7 Å². The van der Waals surface area contributed by atoms with Crippen molar-refractivity contribution in [3.63, 3.8) is 0 Å². The molecule has 1 amide bonds. The Hall–Kier alpha value is -2.84. The second kappa shape index (κ2) is 8.12. The Labute approximate surface area is 181 Å². The Morgan fingerprint density at radius 2 is 1.90 bits per heavy atom. The Morgan fingerprint density at radius 1 is 1.20 bits per heavy atom. The van der Waals surface area contributed by atoms with Crippen LogP contribution in [0.1, 0.15) is 20.3 Å².